The lowest BCUT2D eigenvalue weighted by molar-refractivity contribution is 0.604. The van der Waals surface area contributed by atoms with Gasteiger partial charge >= 0.3 is 7.40 Å². The molecule has 0 bridgehead atoms. The predicted molar refractivity (Wildman–Crippen MR) is 85.9 cm³/mol. The molecule has 2 heterocycles. The van der Waals surface area contributed by atoms with Gasteiger partial charge < -0.3 is 4.48 Å². The number of halogens is 2. The number of aryl methyl sites for hydroxylation is 2. The summed E-state index contributed by atoms with van der Waals surface area (Å²) < 4.78 is 27.3. The van der Waals surface area contributed by atoms with Crippen molar-refractivity contribution in [2.24, 2.45) is 10.9 Å². The summed E-state index contributed by atoms with van der Waals surface area (Å²) >= 11 is 0. The summed E-state index contributed by atoms with van der Waals surface area (Å²) in [6, 6.07) is 1.78. The lowest BCUT2D eigenvalue weighted by Crippen LogP contribution is -2.16. The van der Waals surface area contributed by atoms with Crippen molar-refractivity contribution in [2.75, 3.05) is 0 Å². The molecule has 21 heavy (non-hydrogen) atoms. The molecule has 2 nitrogen and oxygen atoms in total. The highest BCUT2D eigenvalue weighted by atomic mass is 19.2. The maximum atomic E-state index is 13.1. The monoisotopic (exact) mass is 290 g/mol. The van der Waals surface area contributed by atoms with Gasteiger partial charge in [-0.1, -0.05) is 13.8 Å². The highest BCUT2D eigenvalue weighted by molar-refractivity contribution is 6.41. The summed E-state index contributed by atoms with van der Waals surface area (Å²) in [5.74, 6) is 0.634. The van der Waals surface area contributed by atoms with Gasteiger partial charge in [0.1, 0.15) is 0 Å². The van der Waals surface area contributed by atoms with Crippen LogP contribution in [-0.4, -0.2) is 17.6 Å². The normalized spacial score (nSPS) is 16.1. The molecule has 0 aromatic carbocycles. The third-order valence-corrected chi connectivity index (χ3v) is 3.65. The van der Waals surface area contributed by atoms with Crippen molar-refractivity contribution >= 4 is 19.2 Å². The zero-order chi connectivity index (χ0) is 15.6. The van der Waals surface area contributed by atoms with E-state index in [1.807, 2.05) is 19.1 Å². The SMILES string of the molecule is Cc1cc(C)n(B(F)F)c1/C=C1/C=CC(CCC(C)C)=N1. The van der Waals surface area contributed by atoms with Crippen LogP contribution in [0.25, 0.3) is 6.08 Å². The summed E-state index contributed by atoms with van der Waals surface area (Å²) in [5.41, 5.74) is 3.73. The molecule has 2 rings (SSSR count). The summed E-state index contributed by atoms with van der Waals surface area (Å²) in [7, 11) is -2.53. The lowest BCUT2D eigenvalue weighted by Gasteiger charge is -2.05. The minimum atomic E-state index is -2.53. The molecule has 0 spiro atoms. The lowest BCUT2D eigenvalue weighted by atomic mass is 10.1. The van der Waals surface area contributed by atoms with Crippen LogP contribution in [0.3, 0.4) is 0 Å². The van der Waals surface area contributed by atoms with Gasteiger partial charge in [-0.3, -0.25) is 13.6 Å². The molecule has 1 aliphatic rings. The zero-order valence-corrected chi connectivity index (χ0v) is 13.0. The third kappa shape index (κ3) is 3.71. The molecule has 0 amide bonds. The molecule has 0 saturated heterocycles. The van der Waals surface area contributed by atoms with E-state index in [0.29, 0.717) is 17.3 Å². The van der Waals surface area contributed by atoms with E-state index in [1.54, 1.807) is 19.1 Å². The Morgan fingerprint density at radius 2 is 2.00 bits per heavy atom. The third-order valence-electron chi connectivity index (χ3n) is 3.65. The Kier molecular flexibility index (Phi) is 4.81. The van der Waals surface area contributed by atoms with Gasteiger partial charge in [-0.2, -0.15) is 0 Å². The van der Waals surface area contributed by atoms with Crippen molar-refractivity contribution < 1.29 is 8.63 Å². The van der Waals surface area contributed by atoms with E-state index in [-0.39, 0.29) is 0 Å². The number of rotatable bonds is 5. The van der Waals surface area contributed by atoms with E-state index in [0.717, 1.165) is 34.3 Å². The molecule has 5 heteroatoms. The van der Waals surface area contributed by atoms with E-state index >= 15 is 0 Å². The second kappa shape index (κ2) is 6.42. The van der Waals surface area contributed by atoms with Crippen molar-refractivity contribution in [2.45, 2.75) is 40.5 Å². The molecular weight excluding hydrogens is 269 g/mol. The summed E-state index contributed by atoms with van der Waals surface area (Å²) in [6.07, 6.45) is 7.63. The quantitative estimate of drug-likeness (QED) is 0.701. The minimum Gasteiger partial charge on any atom is -0.329 e. The zero-order valence-electron chi connectivity index (χ0n) is 13.0. The topological polar surface area (TPSA) is 17.3 Å². The molecular formula is C16H21BF2N2. The van der Waals surface area contributed by atoms with Crippen LogP contribution in [0.1, 0.15) is 43.6 Å². The largest absolute Gasteiger partial charge is 0.677 e. The van der Waals surface area contributed by atoms with Crippen LogP contribution in [-0.2, 0) is 0 Å². The number of aromatic nitrogens is 1. The molecule has 0 atom stereocenters. The van der Waals surface area contributed by atoms with Crippen LogP contribution in [0, 0.1) is 19.8 Å². The van der Waals surface area contributed by atoms with Gasteiger partial charge in [0, 0.05) is 17.1 Å². The van der Waals surface area contributed by atoms with Crippen molar-refractivity contribution in [3.8, 4) is 0 Å². The van der Waals surface area contributed by atoms with Crippen LogP contribution in [0.15, 0.2) is 28.9 Å². The highest BCUT2D eigenvalue weighted by Gasteiger charge is 2.23. The van der Waals surface area contributed by atoms with E-state index in [4.69, 9.17) is 0 Å². The first-order chi connectivity index (χ1) is 9.88. The fourth-order valence-corrected chi connectivity index (χ4v) is 2.50. The smallest absolute Gasteiger partial charge is 0.329 e. The van der Waals surface area contributed by atoms with E-state index < -0.39 is 7.40 Å². The first kappa shape index (κ1) is 15.7. The Bertz CT molecular complexity index is 610. The number of nitrogens with zero attached hydrogens (tertiary/aromatic N) is 2. The molecule has 0 fully saturated rings. The molecule has 0 aliphatic carbocycles. The second-order valence-electron chi connectivity index (χ2n) is 5.94. The number of aliphatic imine (C=N–C) groups is 1. The Morgan fingerprint density at radius 3 is 2.62 bits per heavy atom. The number of hydrogen-bond donors (Lipinski definition) is 0. The van der Waals surface area contributed by atoms with Crippen molar-refractivity contribution in [1.29, 1.82) is 0 Å². The Hall–Kier alpha value is -1.65. The molecule has 0 radical (unpaired) electrons. The minimum absolute atomic E-state index is 0.538. The summed E-state index contributed by atoms with van der Waals surface area (Å²) in [5, 5.41) is 0. The fourth-order valence-electron chi connectivity index (χ4n) is 2.50. The van der Waals surface area contributed by atoms with Crippen LogP contribution in [0.5, 0.6) is 0 Å². The molecule has 0 N–H and O–H groups in total. The van der Waals surface area contributed by atoms with E-state index in [9.17, 15) is 8.63 Å². The maximum Gasteiger partial charge on any atom is 0.677 e. The molecule has 0 unspecified atom stereocenters. The van der Waals surface area contributed by atoms with Gasteiger partial charge in [0.15, 0.2) is 0 Å². The number of hydrogen-bond acceptors (Lipinski definition) is 1. The molecule has 1 aromatic heterocycles. The highest BCUT2D eigenvalue weighted by Crippen LogP contribution is 2.23. The molecule has 0 saturated carbocycles. The fraction of sp³-hybridized carbons (Fsp3) is 0.438. The Morgan fingerprint density at radius 1 is 1.29 bits per heavy atom. The first-order valence-corrected chi connectivity index (χ1v) is 7.32. The van der Waals surface area contributed by atoms with Crippen LogP contribution < -0.4 is 0 Å². The van der Waals surface area contributed by atoms with Crippen molar-refractivity contribution in [3.05, 3.63) is 40.9 Å². The van der Waals surface area contributed by atoms with Gasteiger partial charge in [-0.15, -0.1) is 0 Å². The van der Waals surface area contributed by atoms with Gasteiger partial charge in [0.05, 0.1) is 5.70 Å². The van der Waals surface area contributed by atoms with E-state index in [1.165, 1.54) is 0 Å². The maximum absolute atomic E-state index is 13.1. The van der Waals surface area contributed by atoms with Gasteiger partial charge in [-0.05, 0) is 62.5 Å². The summed E-state index contributed by atoms with van der Waals surface area (Å²) in [6.45, 7) is 7.90. The number of allylic oxidation sites excluding steroid dienone is 2. The molecule has 112 valence electrons. The summed E-state index contributed by atoms with van der Waals surface area (Å²) in [4.78, 5) is 4.51. The van der Waals surface area contributed by atoms with Crippen molar-refractivity contribution in [1.82, 2.24) is 4.48 Å². The van der Waals surface area contributed by atoms with Crippen LogP contribution in [0.4, 0.5) is 8.63 Å². The molecule has 1 aliphatic heterocycles. The second-order valence-corrected chi connectivity index (χ2v) is 5.94. The van der Waals surface area contributed by atoms with Crippen molar-refractivity contribution in [3.63, 3.8) is 0 Å². The average Bonchev–Trinajstić information content (AvgIpc) is 2.93. The van der Waals surface area contributed by atoms with Gasteiger partial charge in [-0.25, -0.2) is 0 Å². The van der Waals surface area contributed by atoms with Crippen LogP contribution >= 0.6 is 0 Å². The Labute approximate surface area is 125 Å². The van der Waals surface area contributed by atoms with E-state index in [2.05, 4.69) is 18.8 Å². The van der Waals surface area contributed by atoms with Crippen LogP contribution in [0.2, 0.25) is 0 Å². The van der Waals surface area contributed by atoms with Gasteiger partial charge in [0.2, 0.25) is 0 Å². The predicted octanol–water partition coefficient (Wildman–Crippen LogP) is 4.66. The molecule has 1 aromatic rings. The average molecular weight is 290 g/mol. The Balaban J connectivity index is 2.24. The first-order valence-electron chi connectivity index (χ1n) is 7.32. The van der Waals surface area contributed by atoms with Gasteiger partial charge in [0.25, 0.3) is 0 Å². The standard InChI is InChI=1S/C16H21BF2N2/c1-11(2)5-6-14-7-8-15(20-14)10-16-12(3)9-13(4)21(16)17(18)19/h7-11H,5-6H2,1-4H3/b15-10-.